The average Bonchev–Trinajstić information content (AvgIpc) is 2.29. The van der Waals surface area contributed by atoms with Gasteiger partial charge in [0.05, 0.1) is 42.9 Å². The number of ether oxygens (including phenoxy) is 2. The number of hydrogen-bond donors (Lipinski definition) is 11. The highest BCUT2D eigenvalue weighted by Gasteiger charge is 2.27. The van der Waals surface area contributed by atoms with E-state index in [1.807, 2.05) is 0 Å². The van der Waals surface area contributed by atoms with Gasteiger partial charge < -0.3 is 56.4 Å². The predicted octanol–water partition coefficient (Wildman–Crippen LogP) is 6.25. The van der Waals surface area contributed by atoms with E-state index in [2.05, 4.69) is 77.5 Å². The maximum Gasteiger partial charge on any atom is 0.326 e. The molecule has 6 amide bonds. The lowest BCUT2D eigenvalue weighted by molar-refractivity contribution is -0.853. The maximum atomic E-state index is 12.6. The van der Waals surface area contributed by atoms with Crippen molar-refractivity contribution >= 4 is 69.2 Å². The van der Waals surface area contributed by atoms with E-state index in [0.717, 1.165) is 95.0 Å². The maximum absolute atomic E-state index is 12.6. The van der Waals surface area contributed by atoms with Crippen LogP contribution >= 0.6 is 0 Å². The third kappa shape index (κ3) is 46.3. The summed E-state index contributed by atoms with van der Waals surface area (Å²) in [5, 5.41) is 53.5. The second-order valence-corrected chi connectivity index (χ2v) is 27.6. The smallest absolute Gasteiger partial charge is 0.326 e. The lowest BCUT2D eigenvalue weighted by Crippen LogP contribution is -2.54. The summed E-state index contributed by atoms with van der Waals surface area (Å²) in [5.74, 6) is -6.97. The monoisotopic (exact) mass is 1380 g/mol. The molecule has 0 bridgehead atoms. The Balaban J connectivity index is 1.38. The Bertz CT molecular complexity index is 2670. The molecule has 0 radical (unpaired) electrons. The molecule has 0 aromatic carbocycles. The number of carboxylic acids is 3. The fourth-order valence-corrected chi connectivity index (χ4v) is 11.4. The molecule has 2 rings (SSSR count). The minimum atomic E-state index is -3.81. The second kappa shape index (κ2) is 52.2. The number of amides is 6. The molecule has 30 heteroatoms. The number of nitrogens with zero attached hydrogens (tertiary/aromatic N) is 4. The van der Waals surface area contributed by atoms with E-state index in [0.29, 0.717) is 51.6 Å². The molecule has 2 aromatic heterocycles. The van der Waals surface area contributed by atoms with Crippen molar-refractivity contribution in [2.75, 3.05) is 51.8 Å². The summed E-state index contributed by atoms with van der Waals surface area (Å²) < 4.78 is 37.7. The number of sulfonamides is 1. The van der Waals surface area contributed by atoms with Gasteiger partial charge in [-0.25, -0.2) is 23.0 Å². The Kier molecular flexibility index (Phi) is 46.3. The van der Waals surface area contributed by atoms with Crippen LogP contribution < -0.4 is 36.1 Å². The van der Waals surface area contributed by atoms with Crippen LogP contribution in [0.1, 0.15) is 257 Å². The van der Waals surface area contributed by atoms with E-state index in [9.17, 15) is 71.7 Å². The molecule has 0 unspecified atom stereocenters. The number of rotatable bonds is 62. The third-order valence-corrected chi connectivity index (χ3v) is 17.4. The minimum absolute atomic E-state index is 0.0489. The second-order valence-electron chi connectivity index (χ2n) is 25.7. The van der Waals surface area contributed by atoms with Gasteiger partial charge in [0.25, 0.3) is 0 Å². The van der Waals surface area contributed by atoms with E-state index < -0.39 is 76.0 Å². The summed E-state index contributed by atoms with van der Waals surface area (Å²) in [5.41, 5.74) is 0.707. The molecule has 0 saturated carbocycles. The van der Waals surface area contributed by atoms with E-state index in [-0.39, 0.29) is 120 Å². The Morgan fingerprint density at radius 3 is 1.53 bits per heavy atom. The van der Waals surface area contributed by atoms with Crippen LogP contribution in [0.3, 0.4) is 0 Å². The first-order valence-corrected chi connectivity index (χ1v) is 36.7. The molecular formula is C66H115N12O17S+. The Morgan fingerprint density at radius 2 is 0.990 bits per heavy atom. The quantitative estimate of drug-likeness (QED) is 0.0258. The van der Waals surface area contributed by atoms with Gasteiger partial charge >= 0.3 is 23.7 Å². The van der Waals surface area contributed by atoms with Crippen molar-refractivity contribution in [1.29, 1.82) is 0 Å². The number of aromatic amines is 2. The van der Waals surface area contributed by atoms with Crippen LogP contribution in [-0.2, 0) is 85.8 Å². The molecule has 11 N–H and O–H groups in total. The molecule has 0 saturated heterocycles. The first kappa shape index (κ1) is 85.1. The van der Waals surface area contributed by atoms with Gasteiger partial charge in [-0.2, -0.15) is 0 Å². The largest absolute Gasteiger partial charge is 0.481 e. The first-order valence-electron chi connectivity index (χ1n) is 35.0. The number of tetrazole rings is 1. The molecule has 2 aromatic rings. The number of ketones is 1. The van der Waals surface area contributed by atoms with Gasteiger partial charge in [0, 0.05) is 82.9 Å². The van der Waals surface area contributed by atoms with Crippen molar-refractivity contribution in [2.24, 2.45) is 5.92 Å². The normalized spacial score (nSPS) is 12.5. The number of carbonyl (C=O) groups is 10. The lowest BCUT2D eigenvalue weighted by Gasteiger charge is -2.17. The number of carbonyl (C=O) groups excluding carboxylic acids is 7. The summed E-state index contributed by atoms with van der Waals surface area (Å²) in [4.78, 5) is 131. The Labute approximate surface area is 567 Å². The number of aliphatic carboxylic acids is 3. The number of nitrogens with one attached hydrogen (secondary N) is 8. The zero-order chi connectivity index (χ0) is 70.7. The first-order chi connectivity index (χ1) is 45.9. The molecular weight excluding hydrogens is 1260 g/mol. The van der Waals surface area contributed by atoms with E-state index in [4.69, 9.17) is 9.47 Å². The highest BCUT2D eigenvalue weighted by Crippen LogP contribution is 2.18. The predicted molar refractivity (Wildman–Crippen MR) is 357 cm³/mol. The fourth-order valence-electron chi connectivity index (χ4n) is 10.4. The Hall–Kier alpha value is -6.95. The van der Waals surface area contributed by atoms with Gasteiger partial charge in [0.15, 0.2) is 0 Å². The number of carboxylic acid groups (broad SMARTS) is 3. The Morgan fingerprint density at radius 1 is 0.510 bits per heavy atom. The van der Waals surface area contributed by atoms with Gasteiger partial charge in [-0.1, -0.05) is 127 Å². The standard InChI is InChI=1S/C66H114N12O17S/c1-66(2,3)78-75-56(74-77-78)30-22-18-14-10-7-5-4-6-8-11-16-20-24-32-61(84)76-96(92,93)46-28-33-57(80)68-40-26-21-17-13-9-12-15-19-23-31-59(82)72-55(65(90)91)37-39-60(83)73-54(64(88)89)36-38-58(81)70-42-43-94-44-45-95-49-62(85)69-41-27-25-29-51(63(86)87)47-53(79)35-34-52-48-67-50-71-52/h48,50-51,54-55H,4-47,49H2,1-3H3,(H10,67,68,69,70,71,72,73,76,80,81,82,83,84,85,86,87,88,89,90,91)/p+1/t51-,54+,55+/m1/s1. The lowest BCUT2D eigenvalue weighted by atomic mass is 9.94. The SMILES string of the molecule is CC(C)(C)[n+]1nc(CCCCCCCCCCCCCCCC(=O)NS(=O)(=O)CCCC(=O)NCCCCCCCCCCCC(=O)N[C@@H](CCC(=O)N[C@@H](CCC(=O)NCCOCCOCC(=O)NCCCC[C@H](CC(=O)CCc2cnc[nH]2)C(=O)O)C(=O)O)C(=O)O)n[nH]1. The summed E-state index contributed by atoms with van der Waals surface area (Å²) in [6.07, 6.45) is 27.6. The number of aryl methyl sites for hydroxylation is 2. The molecule has 96 heavy (non-hydrogen) atoms. The van der Waals surface area contributed by atoms with Crippen LogP contribution in [-0.4, -0.2) is 172 Å². The van der Waals surface area contributed by atoms with Crippen molar-refractivity contribution < 1.29 is 86.0 Å². The fraction of sp³-hybridized carbons (Fsp3) is 0.788. The van der Waals surface area contributed by atoms with Gasteiger partial charge in [-0.3, -0.25) is 43.1 Å². The molecule has 546 valence electrons. The van der Waals surface area contributed by atoms with Crippen LogP contribution in [0.25, 0.3) is 0 Å². The highest BCUT2D eigenvalue weighted by atomic mass is 32.2. The molecule has 0 aliphatic rings. The van der Waals surface area contributed by atoms with Crippen LogP contribution in [0.15, 0.2) is 12.5 Å². The zero-order valence-corrected chi connectivity index (χ0v) is 58.3. The molecule has 0 aliphatic carbocycles. The van der Waals surface area contributed by atoms with Crippen molar-refractivity contribution in [3.05, 3.63) is 24.0 Å². The summed E-state index contributed by atoms with van der Waals surface area (Å²) >= 11 is 0. The van der Waals surface area contributed by atoms with E-state index in [1.54, 1.807) is 11.0 Å². The van der Waals surface area contributed by atoms with Crippen molar-refractivity contribution in [3.63, 3.8) is 0 Å². The van der Waals surface area contributed by atoms with Crippen LogP contribution in [0.2, 0.25) is 0 Å². The van der Waals surface area contributed by atoms with Crippen LogP contribution in [0.4, 0.5) is 0 Å². The van der Waals surface area contributed by atoms with Crippen LogP contribution in [0, 0.1) is 5.92 Å². The van der Waals surface area contributed by atoms with E-state index in [1.165, 1.54) is 57.7 Å². The van der Waals surface area contributed by atoms with Gasteiger partial charge in [-0.15, -0.1) is 0 Å². The van der Waals surface area contributed by atoms with E-state index >= 15 is 0 Å². The molecule has 0 spiro atoms. The summed E-state index contributed by atoms with van der Waals surface area (Å²) in [7, 11) is -3.81. The van der Waals surface area contributed by atoms with Gasteiger partial charge in [0.1, 0.15) is 30.0 Å². The number of hydrogen-bond acceptors (Lipinski definition) is 17. The average molecular weight is 1380 g/mol. The number of H-pyrrole nitrogens is 2. The third-order valence-electron chi connectivity index (χ3n) is 16.0. The summed E-state index contributed by atoms with van der Waals surface area (Å²) in [6.45, 7) is 7.22. The molecule has 2 heterocycles. The topological polar surface area (TPSA) is 430 Å². The highest BCUT2D eigenvalue weighted by molar-refractivity contribution is 7.90. The zero-order valence-electron chi connectivity index (χ0n) is 57.5. The van der Waals surface area contributed by atoms with Crippen molar-refractivity contribution in [2.45, 2.75) is 276 Å². The molecule has 3 atom stereocenters. The number of Topliss-reactive ketones (excluding diaryl/α,β-unsaturated/α-hetero) is 1. The number of imidazole rings is 1. The molecule has 29 nitrogen and oxygen atoms in total. The van der Waals surface area contributed by atoms with Crippen LogP contribution in [0.5, 0.6) is 0 Å². The molecule has 0 aliphatic heterocycles. The van der Waals surface area contributed by atoms with Gasteiger partial charge in [0.2, 0.25) is 45.5 Å². The van der Waals surface area contributed by atoms with Crippen molar-refractivity contribution in [3.8, 4) is 0 Å². The van der Waals surface area contributed by atoms with Crippen molar-refractivity contribution in [1.82, 2.24) is 56.7 Å². The molecule has 0 fully saturated rings. The number of aromatic nitrogens is 6. The summed E-state index contributed by atoms with van der Waals surface area (Å²) in [6, 6.07) is -2.80. The van der Waals surface area contributed by atoms with Gasteiger partial charge in [-0.05, 0) is 95.3 Å². The minimum Gasteiger partial charge on any atom is -0.481 e. The number of unbranched alkanes of at least 4 members (excludes halogenated alkanes) is 21.